The molecule has 0 spiro atoms. The molecule has 1 heterocycles. The van der Waals surface area contributed by atoms with Gasteiger partial charge >= 0.3 is 0 Å². The number of carbonyl (C=O) groups excluding carboxylic acids is 2. The minimum atomic E-state index is -0.410. The lowest BCUT2D eigenvalue weighted by Gasteiger charge is -2.20. The Bertz CT molecular complexity index is 1530. The average Bonchev–Trinajstić information content (AvgIpc) is 3.31. The highest BCUT2D eigenvalue weighted by atomic mass is 35.5. The van der Waals surface area contributed by atoms with Crippen LogP contribution in [0.15, 0.2) is 88.2 Å². The zero-order valence-corrected chi connectivity index (χ0v) is 25.0. The highest BCUT2D eigenvalue weighted by molar-refractivity contribution is 7.99. The second-order valence-corrected chi connectivity index (χ2v) is 11.4. The lowest BCUT2D eigenvalue weighted by atomic mass is 10.0. The number of anilines is 1. The van der Waals surface area contributed by atoms with Gasteiger partial charge in [0, 0.05) is 17.8 Å². The fraction of sp³-hybridized carbons (Fsp3) is 0.241. The number of halogens is 2. The summed E-state index contributed by atoms with van der Waals surface area (Å²) >= 11 is 13.5. The van der Waals surface area contributed by atoms with Crippen LogP contribution in [-0.4, -0.2) is 32.3 Å². The van der Waals surface area contributed by atoms with Crippen LogP contribution < -0.4 is 10.6 Å². The fourth-order valence-corrected chi connectivity index (χ4v) is 5.13. The maximum absolute atomic E-state index is 13.0. The van der Waals surface area contributed by atoms with Crippen molar-refractivity contribution in [2.75, 3.05) is 11.1 Å². The summed E-state index contributed by atoms with van der Waals surface area (Å²) in [5.74, 6) is 0.457. The first-order valence-corrected chi connectivity index (χ1v) is 14.6. The molecule has 0 unspecified atom stereocenters. The topological polar surface area (TPSA) is 114 Å². The van der Waals surface area contributed by atoms with Gasteiger partial charge in [-0.1, -0.05) is 67.0 Å². The summed E-state index contributed by atoms with van der Waals surface area (Å²) in [5, 5.41) is 24.2. The molecule has 0 aliphatic carbocycles. The molecule has 0 bridgehead atoms. The van der Waals surface area contributed by atoms with E-state index in [0.717, 1.165) is 5.69 Å². The summed E-state index contributed by atoms with van der Waals surface area (Å²) in [6, 6.07) is 20.9. The molecule has 41 heavy (non-hydrogen) atoms. The lowest BCUT2D eigenvalue weighted by molar-refractivity contribution is -0.113. The molecule has 2 N–H and O–H groups in total. The Kier molecular flexibility index (Phi) is 10.5. The summed E-state index contributed by atoms with van der Waals surface area (Å²) in [4.78, 5) is 25.6. The first kappa shape index (κ1) is 30.2. The predicted octanol–water partition coefficient (Wildman–Crippen LogP) is 7.79. The SMILES string of the molecule is CC(C)C[C@@H](NC(=O)c1ccc(Cl)cc1Cl)c1nnc(SCC(=O)Nc2ccc(N=Nc3ccccc3)cc2)n1C. The van der Waals surface area contributed by atoms with Gasteiger partial charge in [-0.2, -0.15) is 10.2 Å². The van der Waals surface area contributed by atoms with Gasteiger partial charge in [0.2, 0.25) is 5.91 Å². The molecular weight excluding hydrogens is 581 g/mol. The predicted molar refractivity (Wildman–Crippen MR) is 164 cm³/mol. The minimum absolute atomic E-state index is 0.128. The summed E-state index contributed by atoms with van der Waals surface area (Å²) in [6.07, 6.45) is 0.634. The van der Waals surface area contributed by atoms with E-state index >= 15 is 0 Å². The summed E-state index contributed by atoms with van der Waals surface area (Å²) < 4.78 is 1.79. The van der Waals surface area contributed by atoms with Crippen molar-refractivity contribution in [2.45, 2.75) is 31.5 Å². The van der Waals surface area contributed by atoms with Crippen LogP contribution in [0.2, 0.25) is 10.0 Å². The van der Waals surface area contributed by atoms with Gasteiger partial charge in [0.1, 0.15) is 0 Å². The Hall–Kier alpha value is -3.73. The van der Waals surface area contributed by atoms with Crippen LogP contribution in [0, 0.1) is 5.92 Å². The van der Waals surface area contributed by atoms with Crippen LogP contribution in [0.5, 0.6) is 0 Å². The standard InChI is InChI=1S/C29H29Cl2N7O2S/c1-18(2)15-25(33-28(40)23-14-9-19(30)16-24(23)31)27-36-37-29(38(27)3)41-17-26(39)32-20-10-12-22(13-11-20)35-34-21-7-5-4-6-8-21/h4-14,16,18,25H,15,17H2,1-3H3,(H,32,39)(H,33,40)/t25-/m1/s1. The van der Waals surface area contributed by atoms with E-state index in [9.17, 15) is 9.59 Å². The Morgan fingerprint density at radius 3 is 2.29 bits per heavy atom. The van der Waals surface area contributed by atoms with Crippen molar-refractivity contribution in [2.24, 2.45) is 23.2 Å². The van der Waals surface area contributed by atoms with Gasteiger partial charge in [0.15, 0.2) is 11.0 Å². The quantitative estimate of drug-likeness (QED) is 0.133. The number of hydrogen-bond donors (Lipinski definition) is 2. The van der Waals surface area contributed by atoms with E-state index in [4.69, 9.17) is 23.2 Å². The molecule has 0 saturated carbocycles. The summed E-state index contributed by atoms with van der Waals surface area (Å²) in [5.41, 5.74) is 2.41. The molecule has 12 heteroatoms. The second kappa shape index (κ2) is 14.2. The molecule has 1 aromatic heterocycles. The van der Waals surface area contributed by atoms with Crippen LogP contribution in [0.3, 0.4) is 0 Å². The maximum Gasteiger partial charge on any atom is 0.253 e. The smallest absolute Gasteiger partial charge is 0.253 e. The fourth-order valence-electron chi connectivity index (χ4n) is 3.91. The summed E-state index contributed by atoms with van der Waals surface area (Å²) in [6.45, 7) is 4.12. The molecule has 0 fully saturated rings. The van der Waals surface area contributed by atoms with Gasteiger partial charge in [-0.25, -0.2) is 0 Å². The van der Waals surface area contributed by atoms with E-state index in [1.807, 2.05) is 37.4 Å². The number of carbonyl (C=O) groups is 2. The van der Waals surface area contributed by atoms with Crippen molar-refractivity contribution >= 4 is 63.8 Å². The van der Waals surface area contributed by atoms with Crippen molar-refractivity contribution in [3.8, 4) is 0 Å². The Morgan fingerprint density at radius 2 is 1.63 bits per heavy atom. The zero-order valence-electron chi connectivity index (χ0n) is 22.7. The maximum atomic E-state index is 13.0. The number of nitrogens with zero attached hydrogens (tertiary/aromatic N) is 5. The van der Waals surface area contributed by atoms with Gasteiger partial charge in [0.25, 0.3) is 5.91 Å². The number of rotatable bonds is 11. The normalized spacial score (nSPS) is 12.0. The molecule has 212 valence electrons. The van der Waals surface area contributed by atoms with Gasteiger partial charge in [-0.05, 0) is 66.9 Å². The molecular formula is C29H29Cl2N7O2S. The zero-order chi connectivity index (χ0) is 29.4. The first-order chi connectivity index (χ1) is 19.7. The Balaban J connectivity index is 1.35. The van der Waals surface area contributed by atoms with E-state index in [2.05, 4.69) is 44.9 Å². The molecule has 9 nitrogen and oxygen atoms in total. The molecule has 0 aliphatic rings. The molecule has 0 saturated heterocycles. The Labute approximate surface area is 252 Å². The third-order valence-corrected chi connectivity index (χ3v) is 7.46. The number of hydrogen-bond acceptors (Lipinski definition) is 7. The number of azo groups is 1. The van der Waals surface area contributed by atoms with E-state index in [0.29, 0.717) is 39.4 Å². The summed E-state index contributed by atoms with van der Waals surface area (Å²) in [7, 11) is 1.81. The van der Waals surface area contributed by atoms with E-state index < -0.39 is 6.04 Å². The largest absolute Gasteiger partial charge is 0.342 e. The van der Waals surface area contributed by atoms with Crippen molar-refractivity contribution in [1.29, 1.82) is 0 Å². The third kappa shape index (κ3) is 8.63. The number of benzene rings is 3. The van der Waals surface area contributed by atoms with Crippen molar-refractivity contribution < 1.29 is 9.59 Å². The van der Waals surface area contributed by atoms with Gasteiger partial charge in [-0.3, -0.25) is 9.59 Å². The first-order valence-electron chi connectivity index (χ1n) is 12.8. The molecule has 4 rings (SSSR count). The number of thioether (sulfide) groups is 1. The molecule has 1 atom stereocenters. The van der Waals surface area contributed by atoms with E-state index in [1.165, 1.54) is 17.8 Å². The molecule has 2 amide bonds. The highest BCUT2D eigenvalue weighted by Gasteiger charge is 2.24. The average molecular weight is 611 g/mol. The third-order valence-electron chi connectivity index (χ3n) is 5.89. The molecule has 0 radical (unpaired) electrons. The van der Waals surface area contributed by atoms with Crippen molar-refractivity contribution in [3.05, 3.63) is 94.2 Å². The van der Waals surface area contributed by atoms with Gasteiger partial charge in [-0.15, -0.1) is 10.2 Å². The highest BCUT2D eigenvalue weighted by Crippen LogP contribution is 2.27. The Morgan fingerprint density at radius 1 is 0.951 bits per heavy atom. The lowest BCUT2D eigenvalue weighted by Crippen LogP contribution is -2.31. The number of amides is 2. The number of nitrogens with one attached hydrogen (secondary N) is 2. The minimum Gasteiger partial charge on any atom is -0.342 e. The molecule has 3 aromatic carbocycles. The van der Waals surface area contributed by atoms with Crippen LogP contribution in [0.4, 0.5) is 17.1 Å². The monoisotopic (exact) mass is 609 g/mol. The van der Waals surface area contributed by atoms with E-state index in [1.54, 1.807) is 41.0 Å². The van der Waals surface area contributed by atoms with Crippen LogP contribution in [0.1, 0.15) is 42.5 Å². The van der Waals surface area contributed by atoms with Gasteiger partial charge < -0.3 is 15.2 Å². The van der Waals surface area contributed by atoms with Crippen LogP contribution in [-0.2, 0) is 11.8 Å². The molecule has 4 aromatic rings. The number of aromatic nitrogens is 3. The van der Waals surface area contributed by atoms with Crippen molar-refractivity contribution in [3.63, 3.8) is 0 Å². The van der Waals surface area contributed by atoms with Crippen molar-refractivity contribution in [1.82, 2.24) is 20.1 Å². The second-order valence-electron chi connectivity index (χ2n) is 9.60. The van der Waals surface area contributed by atoms with Gasteiger partial charge in [0.05, 0.1) is 33.8 Å². The molecule has 0 aliphatic heterocycles. The van der Waals surface area contributed by atoms with Crippen LogP contribution in [0.25, 0.3) is 0 Å². The van der Waals surface area contributed by atoms with Crippen LogP contribution >= 0.6 is 35.0 Å². The van der Waals surface area contributed by atoms with E-state index in [-0.39, 0.29) is 28.5 Å².